The first-order valence-electron chi connectivity index (χ1n) is 9.01. The lowest BCUT2D eigenvalue weighted by molar-refractivity contribution is -0.131. The third-order valence-corrected chi connectivity index (χ3v) is 4.93. The summed E-state index contributed by atoms with van der Waals surface area (Å²) in [6.07, 6.45) is 0. The Balaban J connectivity index is 1.42. The van der Waals surface area contributed by atoms with Crippen molar-refractivity contribution in [3.8, 4) is 27.6 Å². The average Bonchev–Trinajstić information content (AvgIpc) is 3.44. The van der Waals surface area contributed by atoms with E-state index in [-0.39, 0.29) is 18.5 Å². The lowest BCUT2D eigenvalue weighted by Crippen LogP contribution is -2.05. The summed E-state index contributed by atoms with van der Waals surface area (Å²) in [5, 5.41) is 9.78. The lowest BCUT2D eigenvalue weighted by atomic mass is 10.0. The number of hydrogen-bond donors (Lipinski definition) is 0. The molecule has 4 aromatic rings. The van der Waals surface area contributed by atoms with Gasteiger partial charge in [0, 0.05) is 6.92 Å². The van der Waals surface area contributed by atoms with Crippen LogP contribution in [-0.2, 0) is 16.1 Å². The van der Waals surface area contributed by atoms with Gasteiger partial charge in [-0.1, -0.05) is 30.3 Å². The SMILES string of the molecule is CC(=O)Oc1ccc(-c2cccc(C(=O)OCc3nnc(-c4cccs4)o3)c2)cc1. The third kappa shape index (κ3) is 4.61. The molecule has 0 atom stereocenters. The Morgan fingerprint density at radius 3 is 2.57 bits per heavy atom. The minimum Gasteiger partial charge on any atom is -0.452 e. The zero-order valence-electron chi connectivity index (χ0n) is 15.9. The largest absolute Gasteiger partial charge is 0.452 e. The second-order valence-electron chi connectivity index (χ2n) is 6.25. The summed E-state index contributed by atoms with van der Waals surface area (Å²) >= 11 is 1.49. The van der Waals surface area contributed by atoms with E-state index in [4.69, 9.17) is 13.9 Å². The number of benzene rings is 2. The molecule has 0 aliphatic carbocycles. The molecule has 4 rings (SSSR count). The van der Waals surface area contributed by atoms with E-state index >= 15 is 0 Å². The molecular formula is C22H16N2O5S. The Bertz CT molecular complexity index is 1170. The molecule has 8 heteroatoms. The van der Waals surface area contributed by atoms with Gasteiger partial charge in [0.05, 0.1) is 10.4 Å². The summed E-state index contributed by atoms with van der Waals surface area (Å²) in [6, 6.07) is 17.8. The topological polar surface area (TPSA) is 91.5 Å². The maximum absolute atomic E-state index is 12.4. The van der Waals surface area contributed by atoms with Crippen molar-refractivity contribution in [2.24, 2.45) is 0 Å². The Morgan fingerprint density at radius 1 is 1.00 bits per heavy atom. The predicted molar refractivity (Wildman–Crippen MR) is 110 cm³/mol. The average molecular weight is 420 g/mol. The molecule has 7 nitrogen and oxygen atoms in total. The number of nitrogens with zero attached hydrogens (tertiary/aromatic N) is 2. The zero-order valence-corrected chi connectivity index (χ0v) is 16.7. The molecule has 0 N–H and O–H groups in total. The molecule has 0 saturated carbocycles. The Labute approximate surface area is 175 Å². The molecule has 0 fully saturated rings. The van der Waals surface area contributed by atoms with Crippen LogP contribution in [0.2, 0.25) is 0 Å². The fourth-order valence-corrected chi connectivity index (χ4v) is 3.37. The van der Waals surface area contributed by atoms with Gasteiger partial charge in [-0.25, -0.2) is 4.79 Å². The number of aromatic nitrogens is 2. The van der Waals surface area contributed by atoms with Crippen molar-refractivity contribution < 1.29 is 23.5 Å². The van der Waals surface area contributed by atoms with Crippen LogP contribution >= 0.6 is 11.3 Å². The molecular weight excluding hydrogens is 404 g/mol. The number of ether oxygens (including phenoxy) is 2. The van der Waals surface area contributed by atoms with Gasteiger partial charge in [-0.05, 0) is 46.8 Å². The normalized spacial score (nSPS) is 10.6. The molecule has 2 aromatic carbocycles. The molecule has 2 aromatic heterocycles. The van der Waals surface area contributed by atoms with Crippen LogP contribution in [0.5, 0.6) is 5.75 Å². The summed E-state index contributed by atoms with van der Waals surface area (Å²) in [5.41, 5.74) is 2.10. The first-order valence-corrected chi connectivity index (χ1v) is 9.89. The van der Waals surface area contributed by atoms with Gasteiger partial charge in [0.15, 0.2) is 6.61 Å². The molecule has 0 spiro atoms. The van der Waals surface area contributed by atoms with Crippen molar-refractivity contribution in [2.45, 2.75) is 13.5 Å². The summed E-state index contributed by atoms with van der Waals surface area (Å²) < 4.78 is 15.9. The fourth-order valence-electron chi connectivity index (χ4n) is 2.73. The van der Waals surface area contributed by atoms with Crippen molar-refractivity contribution in [3.63, 3.8) is 0 Å². The molecule has 150 valence electrons. The van der Waals surface area contributed by atoms with Crippen LogP contribution in [0, 0.1) is 0 Å². The van der Waals surface area contributed by atoms with E-state index in [9.17, 15) is 9.59 Å². The highest BCUT2D eigenvalue weighted by Crippen LogP contribution is 2.25. The molecule has 0 bridgehead atoms. The smallest absolute Gasteiger partial charge is 0.338 e. The Hall–Kier alpha value is -3.78. The maximum Gasteiger partial charge on any atom is 0.338 e. The van der Waals surface area contributed by atoms with Crippen LogP contribution in [0.1, 0.15) is 23.2 Å². The van der Waals surface area contributed by atoms with Crippen molar-refractivity contribution in [1.82, 2.24) is 10.2 Å². The van der Waals surface area contributed by atoms with E-state index in [0.717, 1.165) is 16.0 Å². The second kappa shape index (κ2) is 8.71. The van der Waals surface area contributed by atoms with E-state index in [1.807, 2.05) is 35.7 Å². The van der Waals surface area contributed by atoms with E-state index in [1.54, 1.807) is 30.3 Å². The monoisotopic (exact) mass is 420 g/mol. The van der Waals surface area contributed by atoms with Gasteiger partial charge in [0.25, 0.3) is 11.8 Å². The Morgan fingerprint density at radius 2 is 1.83 bits per heavy atom. The van der Waals surface area contributed by atoms with Crippen LogP contribution in [0.25, 0.3) is 21.9 Å². The number of esters is 2. The summed E-state index contributed by atoms with van der Waals surface area (Å²) in [7, 11) is 0. The van der Waals surface area contributed by atoms with Crippen molar-refractivity contribution in [3.05, 3.63) is 77.5 Å². The van der Waals surface area contributed by atoms with Crippen molar-refractivity contribution in [1.29, 1.82) is 0 Å². The number of carbonyl (C=O) groups is 2. The third-order valence-electron chi connectivity index (χ3n) is 4.07. The Kier molecular flexibility index (Phi) is 5.67. The molecule has 0 radical (unpaired) electrons. The van der Waals surface area contributed by atoms with Crippen LogP contribution < -0.4 is 4.74 Å². The minimum atomic E-state index is -0.496. The first-order chi connectivity index (χ1) is 14.6. The highest BCUT2D eigenvalue weighted by molar-refractivity contribution is 7.13. The molecule has 0 aliphatic rings. The van der Waals surface area contributed by atoms with Gasteiger partial charge < -0.3 is 13.9 Å². The second-order valence-corrected chi connectivity index (χ2v) is 7.20. The summed E-state index contributed by atoms with van der Waals surface area (Å²) in [5.74, 6) is 0.211. The molecule has 0 amide bonds. The minimum absolute atomic E-state index is 0.113. The van der Waals surface area contributed by atoms with Gasteiger partial charge in [0.1, 0.15) is 5.75 Å². The first kappa shape index (κ1) is 19.5. The van der Waals surface area contributed by atoms with Gasteiger partial charge in [0.2, 0.25) is 0 Å². The van der Waals surface area contributed by atoms with Crippen LogP contribution in [0.4, 0.5) is 0 Å². The zero-order chi connectivity index (χ0) is 20.9. The van der Waals surface area contributed by atoms with Gasteiger partial charge in [-0.3, -0.25) is 4.79 Å². The number of carbonyl (C=O) groups excluding carboxylic acids is 2. The van der Waals surface area contributed by atoms with E-state index in [0.29, 0.717) is 17.2 Å². The number of thiophene rings is 1. The van der Waals surface area contributed by atoms with Crippen molar-refractivity contribution >= 4 is 23.3 Å². The van der Waals surface area contributed by atoms with Crippen LogP contribution in [-0.4, -0.2) is 22.1 Å². The van der Waals surface area contributed by atoms with E-state index < -0.39 is 5.97 Å². The van der Waals surface area contributed by atoms with Crippen molar-refractivity contribution in [2.75, 3.05) is 0 Å². The highest BCUT2D eigenvalue weighted by Gasteiger charge is 2.13. The standard InChI is InChI=1S/C22H16N2O5S/c1-14(25)28-18-9-7-15(8-10-18)16-4-2-5-17(12-16)22(26)27-13-20-23-24-21(29-20)19-6-3-11-30-19/h2-12H,13H2,1H3. The number of hydrogen-bond acceptors (Lipinski definition) is 8. The van der Waals surface area contributed by atoms with E-state index in [2.05, 4.69) is 10.2 Å². The van der Waals surface area contributed by atoms with Gasteiger partial charge in [-0.15, -0.1) is 21.5 Å². The lowest BCUT2D eigenvalue weighted by Gasteiger charge is -2.07. The maximum atomic E-state index is 12.4. The quantitative estimate of drug-likeness (QED) is 0.328. The van der Waals surface area contributed by atoms with Gasteiger partial charge >= 0.3 is 11.9 Å². The van der Waals surface area contributed by atoms with Crippen LogP contribution in [0.3, 0.4) is 0 Å². The molecule has 2 heterocycles. The van der Waals surface area contributed by atoms with E-state index in [1.165, 1.54) is 18.3 Å². The summed E-state index contributed by atoms with van der Waals surface area (Å²) in [4.78, 5) is 24.3. The molecule has 0 aliphatic heterocycles. The molecule has 0 unspecified atom stereocenters. The molecule has 30 heavy (non-hydrogen) atoms. The predicted octanol–water partition coefficient (Wildman–Crippen LogP) is 4.75. The molecule has 0 saturated heterocycles. The van der Waals surface area contributed by atoms with Gasteiger partial charge in [-0.2, -0.15) is 0 Å². The summed E-state index contributed by atoms with van der Waals surface area (Å²) in [6.45, 7) is 1.23. The fraction of sp³-hybridized carbons (Fsp3) is 0.0909. The highest BCUT2D eigenvalue weighted by atomic mass is 32.1. The number of rotatable bonds is 6. The van der Waals surface area contributed by atoms with Crippen LogP contribution in [0.15, 0.2) is 70.5 Å².